The second-order valence-corrected chi connectivity index (χ2v) is 5.22. The van der Waals surface area contributed by atoms with Gasteiger partial charge in [-0.2, -0.15) is 0 Å². The molecule has 0 atom stereocenters. The SMILES string of the molecule is O=Cc1ccc(-c2cccc(C(=O)NC3CC3)c2)cc1O. The van der Waals surface area contributed by atoms with E-state index in [-0.39, 0.29) is 17.2 Å². The predicted molar refractivity (Wildman–Crippen MR) is 79.4 cm³/mol. The summed E-state index contributed by atoms with van der Waals surface area (Å²) in [5.41, 5.74) is 2.44. The van der Waals surface area contributed by atoms with Crippen molar-refractivity contribution in [1.82, 2.24) is 5.32 Å². The molecule has 4 heteroatoms. The summed E-state index contributed by atoms with van der Waals surface area (Å²) in [5, 5.41) is 12.7. The van der Waals surface area contributed by atoms with Gasteiger partial charge >= 0.3 is 0 Å². The molecule has 1 aliphatic rings. The molecule has 21 heavy (non-hydrogen) atoms. The maximum Gasteiger partial charge on any atom is 0.251 e. The molecule has 0 aromatic heterocycles. The summed E-state index contributed by atoms with van der Waals surface area (Å²) in [5.74, 6) is -0.136. The average molecular weight is 281 g/mol. The standard InChI is InChI=1S/C17H15NO3/c19-10-14-5-4-12(9-16(14)20)11-2-1-3-13(8-11)17(21)18-15-6-7-15/h1-5,8-10,15,20H,6-7H2,(H,18,21). The first-order valence-corrected chi connectivity index (χ1v) is 6.87. The number of aromatic hydroxyl groups is 1. The van der Waals surface area contributed by atoms with Crippen LogP contribution in [0.25, 0.3) is 11.1 Å². The van der Waals surface area contributed by atoms with Crippen molar-refractivity contribution in [2.75, 3.05) is 0 Å². The Bertz CT molecular complexity index is 705. The molecule has 4 nitrogen and oxygen atoms in total. The van der Waals surface area contributed by atoms with E-state index in [0.29, 0.717) is 17.9 Å². The van der Waals surface area contributed by atoms with Gasteiger partial charge in [-0.3, -0.25) is 9.59 Å². The predicted octanol–water partition coefficient (Wildman–Crippen LogP) is 2.76. The number of benzene rings is 2. The fourth-order valence-corrected chi connectivity index (χ4v) is 2.16. The van der Waals surface area contributed by atoms with Crippen LogP contribution in [0.5, 0.6) is 5.75 Å². The number of nitrogens with one attached hydrogen (secondary N) is 1. The second kappa shape index (κ2) is 5.40. The van der Waals surface area contributed by atoms with Crippen LogP contribution in [0.15, 0.2) is 42.5 Å². The van der Waals surface area contributed by atoms with E-state index in [1.54, 1.807) is 24.3 Å². The summed E-state index contributed by atoms with van der Waals surface area (Å²) in [6, 6.07) is 12.4. The molecule has 0 unspecified atom stereocenters. The molecule has 0 aliphatic heterocycles. The van der Waals surface area contributed by atoms with Gasteiger partial charge in [-0.1, -0.05) is 18.2 Å². The van der Waals surface area contributed by atoms with E-state index < -0.39 is 0 Å². The highest BCUT2D eigenvalue weighted by Crippen LogP contribution is 2.26. The average Bonchev–Trinajstić information content (AvgIpc) is 3.31. The van der Waals surface area contributed by atoms with Crippen molar-refractivity contribution in [3.05, 3.63) is 53.6 Å². The molecular formula is C17H15NO3. The quantitative estimate of drug-likeness (QED) is 0.847. The lowest BCUT2D eigenvalue weighted by Gasteiger charge is -2.07. The Kier molecular flexibility index (Phi) is 3.44. The minimum atomic E-state index is -0.0758. The zero-order valence-corrected chi connectivity index (χ0v) is 11.4. The van der Waals surface area contributed by atoms with E-state index in [2.05, 4.69) is 5.32 Å². The summed E-state index contributed by atoms with van der Waals surface area (Å²) < 4.78 is 0. The Morgan fingerprint density at radius 2 is 1.90 bits per heavy atom. The van der Waals surface area contributed by atoms with Crippen molar-refractivity contribution in [2.24, 2.45) is 0 Å². The van der Waals surface area contributed by atoms with Crippen molar-refractivity contribution in [2.45, 2.75) is 18.9 Å². The van der Waals surface area contributed by atoms with Crippen LogP contribution in [-0.4, -0.2) is 23.3 Å². The number of carbonyl (C=O) groups excluding carboxylic acids is 2. The molecule has 0 radical (unpaired) electrons. The third-order valence-electron chi connectivity index (χ3n) is 3.53. The monoisotopic (exact) mass is 281 g/mol. The van der Waals surface area contributed by atoms with Gasteiger partial charge in [-0.25, -0.2) is 0 Å². The number of phenolic OH excluding ortho intramolecular Hbond substituents is 1. The highest BCUT2D eigenvalue weighted by atomic mass is 16.3. The highest BCUT2D eigenvalue weighted by molar-refractivity contribution is 5.96. The maximum atomic E-state index is 12.0. The lowest BCUT2D eigenvalue weighted by Crippen LogP contribution is -2.25. The number of phenols is 1. The van der Waals surface area contributed by atoms with Gasteiger partial charge in [0.1, 0.15) is 5.75 Å². The van der Waals surface area contributed by atoms with Crippen LogP contribution in [-0.2, 0) is 0 Å². The number of carbonyl (C=O) groups is 2. The lowest BCUT2D eigenvalue weighted by atomic mass is 10.0. The third-order valence-corrected chi connectivity index (χ3v) is 3.53. The lowest BCUT2D eigenvalue weighted by molar-refractivity contribution is 0.0950. The van der Waals surface area contributed by atoms with Gasteiger partial charge in [0.2, 0.25) is 0 Å². The van der Waals surface area contributed by atoms with Crippen LogP contribution in [0, 0.1) is 0 Å². The number of amides is 1. The third kappa shape index (κ3) is 2.94. The smallest absolute Gasteiger partial charge is 0.251 e. The summed E-state index contributed by atoms with van der Waals surface area (Å²) in [7, 11) is 0. The molecule has 1 saturated carbocycles. The topological polar surface area (TPSA) is 66.4 Å². The number of hydrogen-bond donors (Lipinski definition) is 2. The molecule has 106 valence electrons. The molecule has 0 bridgehead atoms. The Labute approximate surface area is 122 Å². The molecule has 0 saturated heterocycles. The van der Waals surface area contributed by atoms with Gasteiger partial charge in [0, 0.05) is 11.6 Å². The van der Waals surface area contributed by atoms with E-state index >= 15 is 0 Å². The molecule has 2 aromatic rings. The fourth-order valence-electron chi connectivity index (χ4n) is 2.16. The van der Waals surface area contributed by atoms with E-state index in [1.165, 1.54) is 6.07 Å². The minimum Gasteiger partial charge on any atom is -0.507 e. The van der Waals surface area contributed by atoms with Gasteiger partial charge in [0.25, 0.3) is 5.91 Å². The van der Waals surface area contributed by atoms with E-state index in [0.717, 1.165) is 24.0 Å². The van der Waals surface area contributed by atoms with Crippen molar-refractivity contribution in [3.63, 3.8) is 0 Å². The minimum absolute atomic E-state index is 0.0599. The first kappa shape index (κ1) is 13.4. The van der Waals surface area contributed by atoms with Crippen LogP contribution < -0.4 is 5.32 Å². The number of hydrogen-bond acceptors (Lipinski definition) is 3. The molecule has 1 amide bonds. The fraction of sp³-hybridized carbons (Fsp3) is 0.176. The van der Waals surface area contributed by atoms with Gasteiger partial charge in [0.15, 0.2) is 6.29 Å². The van der Waals surface area contributed by atoms with Crippen LogP contribution in [0.1, 0.15) is 33.6 Å². The molecular weight excluding hydrogens is 266 g/mol. The van der Waals surface area contributed by atoms with Crippen molar-refractivity contribution in [3.8, 4) is 16.9 Å². The summed E-state index contributed by atoms with van der Waals surface area (Å²) in [6.07, 6.45) is 2.71. The number of rotatable bonds is 4. The molecule has 0 spiro atoms. The first-order valence-electron chi connectivity index (χ1n) is 6.87. The van der Waals surface area contributed by atoms with Crippen molar-refractivity contribution >= 4 is 12.2 Å². The maximum absolute atomic E-state index is 12.0. The summed E-state index contributed by atoms with van der Waals surface area (Å²) >= 11 is 0. The molecule has 1 aliphatic carbocycles. The highest BCUT2D eigenvalue weighted by Gasteiger charge is 2.23. The molecule has 1 fully saturated rings. The Balaban J connectivity index is 1.89. The zero-order chi connectivity index (χ0) is 14.8. The molecule has 0 heterocycles. The zero-order valence-electron chi connectivity index (χ0n) is 11.4. The molecule has 2 aromatic carbocycles. The Morgan fingerprint density at radius 3 is 2.57 bits per heavy atom. The van der Waals surface area contributed by atoms with Crippen molar-refractivity contribution < 1.29 is 14.7 Å². The largest absolute Gasteiger partial charge is 0.507 e. The normalized spacial score (nSPS) is 13.7. The molecule has 3 rings (SSSR count). The van der Waals surface area contributed by atoms with Gasteiger partial charge < -0.3 is 10.4 Å². The first-order chi connectivity index (χ1) is 10.2. The van der Waals surface area contributed by atoms with Crippen LogP contribution in [0.2, 0.25) is 0 Å². The summed E-state index contributed by atoms with van der Waals surface area (Å²) in [6.45, 7) is 0. The Morgan fingerprint density at radius 1 is 1.14 bits per heavy atom. The second-order valence-electron chi connectivity index (χ2n) is 5.22. The Hall–Kier alpha value is -2.62. The molecule has 2 N–H and O–H groups in total. The van der Waals surface area contributed by atoms with E-state index in [9.17, 15) is 14.7 Å². The van der Waals surface area contributed by atoms with E-state index in [1.807, 2.05) is 12.1 Å². The van der Waals surface area contributed by atoms with E-state index in [4.69, 9.17) is 0 Å². The van der Waals surface area contributed by atoms with Crippen LogP contribution in [0.4, 0.5) is 0 Å². The van der Waals surface area contributed by atoms with Crippen LogP contribution in [0.3, 0.4) is 0 Å². The van der Waals surface area contributed by atoms with Crippen LogP contribution >= 0.6 is 0 Å². The van der Waals surface area contributed by atoms with Gasteiger partial charge in [-0.05, 0) is 48.2 Å². The summed E-state index contributed by atoms with van der Waals surface area (Å²) in [4.78, 5) is 22.8. The van der Waals surface area contributed by atoms with Gasteiger partial charge in [-0.15, -0.1) is 0 Å². The number of aldehydes is 1. The van der Waals surface area contributed by atoms with Gasteiger partial charge in [0.05, 0.1) is 5.56 Å². The van der Waals surface area contributed by atoms with Crippen molar-refractivity contribution in [1.29, 1.82) is 0 Å².